The van der Waals surface area contributed by atoms with E-state index in [4.69, 9.17) is 0 Å². The van der Waals surface area contributed by atoms with E-state index in [1.807, 2.05) is 0 Å². The molecule has 2 N–H and O–H groups in total. The highest BCUT2D eigenvalue weighted by atomic mass is 19.4. The van der Waals surface area contributed by atoms with Gasteiger partial charge < -0.3 is 15.5 Å². The third kappa shape index (κ3) is 7.70. The summed E-state index contributed by atoms with van der Waals surface area (Å²) in [5.41, 5.74) is 0. The van der Waals surface area contributed by atoms with Gasteiger partial charge in [-0.05, 0) is 52.1 Å². The summed E-state index contributed by atoms with van der Waals surface area (Å²) in [4.78, 5) is 8.22. The Kier molecular flexibility index (Phi) is 8.47. The predicted octanol–water partition coefficient (Wildman–Crippen LogP) is 2.44. The highest BCUT2D eigenvalue weighted by Gasteiger charge is 2.34. The smallest absolute Gasteiger partial charge is 0.356 e. The Balaban J connectivity index is 1.58. The summed E-state index contributed by atoms with van der Waals surface area (Å²) in [6.45, 7) is 5.56. The molecule has 2 heterocycles. The number of hydrogen-bond acceptors (Lipinski definition) is 3. The van der Waals surface area contributed by atoms with Gasteiger partial charge in [0.25, 0.3) is 0 Å². The molecule has 2 unspecified atom stereocenters. The average molecular weight is 377 g/mol. The zero-order chi connectivity index (χ0) is 19.0. The zero-order valence-corrected chi connectivity index (χ0v) is 16.1. The number of halogens is 3. The minimum absolute atomic E-state index is 0.0257. The second-order valence-electron chi connectivity index (χ2n) is 7.57. The van der Waals surface area contributed by atoms with E-state index in [1.165, 1.54) is 30.7 Å². The SMILES string of the molecule is CN=C(NCCCCN1CCCCC1C)NC1CCN(CC(F)(F)F)C1. The summed E-state index contributed by atoms with van der Waals surface area (Å²) in [7, 11) is 1.70. The fourth-order valence-electron chi connectivity index (χ4n) is 3.87. The summed E-state index contributed by atoms with van der Waals surface area (Å²) in [6.07, 6.45) is 2.77. The Labute approximate surface area is 155 Å². The lowest BCUT2D eigenvalue weighted by molar-refractivity contribution is -0.143. The molecule has 0 aromatic rings. The number of nitrogens with zero attached hydrogens (tertiary/aromatic N) is 3. The first kappa shape index (κ1) is 21.3. The summed E-state index contributed by atoms with van der Waals surface area (Å²) >= 11 is 0. The van der Waals surface area contributed by atoms with Crippen molar-refractivity contribution in [3.05, 3.63) is 0 Å². The highest BCUT2D eigenvalue weighted by Crippen LogP contribution is 2.20. The Bertz CT molecular complexity index is 441. The molecule has 2 fully saturated rings. The number of alkyl halides is 3. The van der Waals surface area contributed by atoms with Crippen LogP contribution in [-0.4, -0.2) is 80.3 Å². The van der Waals surface area contributed by atoms with Crippen LogP contribution in [0.2, 0.25) is 0 Å². The van der Waals surface area contributed by atoms with Crippen molar-refractivity contribution in [2.45, 2.75) is 63.7 Å². The normalized spacial score (nSPS) is 26.3. The molecule has 0 amide bonds. The number of hydrogen-bond donors (Lipinski definition) is 2. The Morgan fingerprint density at radius 1 is 1.15 bits per heavy atom. The van der Waals surface area contributed by atoms with E-state index in [-0.39, 0.29) is 6.04 Å². The van der Waals surface area contributed by atoms with Crippen molar-refractivity contribution in [2.24, 2.45) is 4.99 Å². The molecule has 0 aromatic heterocycles. The molecule has 152 valence electrons. The number of likely N-dealkylation sites (tertiary alicyclic amines) is 2. The number of rotatable bonds is 7. The van der Waals surface area contributed by atoms with Gasteiger partial charge in [0.05, 0.1) is 6.54 Å². The number of piperidine rings is 1. The second kappa shape index (κ2) is 10.3. The van der Waals surface area contributed by atoms with Crippen LogP contribution in [-0.2, 0) is 0 Å². The number of unbranched alkanes of at least 4 members (excludes halogenated alkanes) is 1. The Morgan fingerprint density at radius 2 is 1.96 bits per heavy atom. The molecule has 2 aliphatic heterocycles. The maximum Gasteiger partial charge on any atom is 0.401 e. The van der Waals surface area contributed by atoms with Crippen molar-refractivity contribution in [1.82, 2.24) is 20.4 Å². The van der Waals surface area contributed by atoms with E-state index in [0.29, 0.717) is 31.5 Å². The lowest BCUT2D eigenvalue weighted by atomic mass is 10.0. The summed E-state index contributed by atoms with van der Waals surface area (Å²) in [5, 5.41) is 6.54. The van der Waals surface area contributed by atoms with Gasteiger partial charge in [0.1, 0.15) is 0 Å². The zero-order valence-electron chi connectivity index (χ0n) is 16.1. The van der Waals surface area contributed by atoms with Gasteiger partial charge in [0, 0.05) is 38.8 Å². The van der Waals surface area contributed by atoms with E-state index in [0.717, 1.165) is 25.9 Å². The number of nitrogens with one attached hydrogen (secondary N) is 2. The largest absolute Gasteiger partial charge is 0.401 e. The van der Waals surface area contributed by atoms with E-state index in [9.17, 15) is 13.2 Å². The van der Waals surface area contributed by atoms with Crippen LogP contribution in [0.3, 0.4) is 0 Å². The molecule has 8 heteroatoms. The van der Waals surface area contributed by atoms with Gasteiger partial charge in [0.2, 0.25) is 0 Å². The fourth-order valence-corrected chi connectivity index (χ4v) is 3.87. The van der Waals surface area contributed by atoms with Crippen LogP contribution in [0.15, 0.2) is 4.99 Å². The number of guanidine groups is 1. The maximum absolute atomic E-state index is 12.5. The van der Waals surface area contributed by atoms with E-state index < -0.39 is 12.7 Å². The topological polar surface area (TPSA) is 42.9 Å². The fraction of sp³-hybridized carbons (Fsp3) is 0.944. The van der Waals surface area contributed by atoms with Crippen LogP contribution in [0.4, 0.5) is 13.2 Å². The molecule has 2 aliphatic rings. The average Bonchev–Trinajstić information content (AvgIpc) is 3.00. The summed E-state index contributed by atoms with van der Waals surface area (Å²) in [5.74, 6) is 0.690. The van der Waals surface area contributed by atoms with E-state index in [2.05, 4.69) is 27.4 Å². The molecule has 2 atom stereocenters. The van der Waals surface area contributed by atoms with Gasteiger partial charge in [-0.2, -0.15) is 13.2 Å². The van der Waals surface area contributed by atoms with Gasteiger partial charge in [-0.1, -0.05) is 6.42 Å². The molecule has 2 saturated heterocycles. The van der Waals surface area contributed by atoms with Gasteiger partial charge in [-0.15, -0.1) is 0 Å². The second-order valence-corrected chi connectivity index (χ2v) is 7.57. The van der Waals surface area contributed by atoms with Gasteiger partial charge >= 0.3 is 6.18 Å². The van der Waals surface area contributed by atoms with Crippen LogP contribution < -0.4 is 10.6 Å². The molecule has 0 spiro atoms. The van der Waals surface area contributed by atoms with Crippen molar-refractivity contribution in [3.8, 4) is 0 Å². The quantitative estimate of drug-likeness (QED) is 0.406. The molecule has 0 aromatic carbocycles. The van der Waals surface area contributed by atoms with Crippen LogP contribution in [0.25, 0.3) is 0 Å². The highest BCUT2D eigenvalue weighted by molar-refractivity contribution is 5.79. The standard InChI is InChI=1S/C18H34F3N5/c1-15-7-3-5-10-26(15)11-6-4-9-23-17(22-2)24-16-8-12-25(13-16)14-18(19,20)21/h15-16H,3-14H2,1-2H3,(H2,22,23,24). The molecule has 0 radical (unpaired) electrons. The van der Waals surface area contributed by atoms with E-state index in [1.54, 1.807) is 7.05 Å². The third-order valence-electron chi connectivity index (χ3n) is 5.34. The molecule has 0 aliphatic carbocycles. The van der Waals surface area contributed by atoms with Gasteiger partial charge in [0.15, 0.2) is 5.96 Å². The van der Waals surface area contributed by atoms with Gasteiger partial charge in [-0.3, -0.25) is 9.89 Å². The van der Waals surface area contributed by atoms with Crippen molar-refractivity contribution >= 4 is 5.96 Å². The summed E-state index contributed by atoms with van der Waals surface area (Å²) in [6, 6.07) is 0.728. The maximum atomic E-state index is 12.5. The molecule has 0 saturated carbocycles. The third-order valence-corrected chi connectivity index (χ3v) is 5.34. The lowest BCUT2D eigenvalue weighted by Gasteiger charge is -2.33. The van der Waals surface area contributed by atoms with Crippen molar-refractivity contribution < 1.29 is 13.2 Å². The van der Waals surface area contributed by atoms with Crippen molar-refractivity contribution in [2.75, 3.05) is 46.3 Å². The van der Waals surface area contributed by atoms with Crippen molar-refractivity contribution in [3.63, 3.8) is 0 Å². The molecule has 0 bridgehead atoms. The van der Waals surface area contributed by atoms with Crippen LogP contribution in [0, 0.1) is 0 Å². The molecule has 2 rings (SSSR count). The molecular formula is C18H34F3N5. The predicted molar refractivity (Wildman–Crippen MR) is 99.5 cm³/mol. The molecule has 26 heavy (non-hydrogen) atoms. The monoisotopic (exact) mass is 377 g/mol. The Morgan fingerprint density at radius 3 is 2.65 bits per heavy atom. The minimum Gasteiger partial charge on any atom is -0.356 e. The first-order chi connectivity index (χ1) is 12.4. The Hall–Kier alpha value is -1.02. The van der Waals surface area contributed by atoms with Gasteiger partial charge in [-0.25, -0.2) is 0 Å². The first-order valence-electron chi connectivity index (χ1n) is 9.87. The van der Waals surface area contributed by atoms with Crippen LogP contribution in [0.5, 0.6) is 0 Å². The summed E-state index contributed by atoms with van der Waals surface area (Å²) < 4.78 is 37.4. The minimum atomic E-state index is -4.12. The van der Waals surface area contributed by atoms with Crippen LogP contribution in [0.1, 0.15) is 45.4 Å². The van der Waals surface area contributed by atoms with Crippen LogP contribution >= 0.6 is 0 Å². The lowest BCUT2D eigenvalue weighted by Crippen LogP contribution is -2.45. The van der Waals surface area contributed by atoms with E-state index >= 15 is 0 Å². The molecular weight excluding hydrogens is 343 g/mol. The number of aliphatic imine (C=N–C) groups is 1. The first-order valence-corrected chi connectivity index (χ1v) is 9.87. The molecule has 5 nitrogen and oxygen atoms in total. The van der Waals surface area contributed by atoms with Crippen molar-refractivity contribution in [1.29, 1.82) is 0 Å².